The zero-order valence-corrected chi connectivity index (χ0v) is 14.3. The molecule has 0 atom stereocenters. The van der Waals surface area contributed by atoms with E-state index in [2.05, 4.69) is 27.0 Å². The van der Waals surface area contributed by atoms with Crippen molar-refractivity contribution in [1.82, 2.24) is 0 Å². The lowest BCUT2D eigenvalue weighted by Crippen LogP contribution is -1.61. The highest BCUT2D eigenvalue weighted by atomic mass is 13.8. The molecule has 17 heavy (non-hydrogen) atoms. The highest BCUT2D eigenvalue weighted by molar-refractivity contribution is 4.84. The fraction of sp³-hybridized carbons (Fsp3) is 0.765. The molecule has 0 aromatic rings. The van der Waals surface area contributed by atoms with E-state index in [4.69, 9.17) is 0 Å². The third-order valence-corrected chi connectivity index (χ3v) is 1.37. The highest BCUT2D eigenvalue weighted by Crippen LogP contribution is 1.91. The Kier molecular flexibility index (Phi) is 102. The van der Waals surface area contributed by atoms with E-state index in [-0.39, 0.29) is 0 Å². The minimum Gasteiger partial charge on any atom is -0.103 e. The Hall–Kier alpha value is -0.520. The Balaban J connectivity index is -0.0000000395. The van der Waals surface area contributed by atoms with Crippen molar-refractivity contribution in [2.45, 2.75) is 88.0 Å². The number of allylic oxidation sites excluding steroid dienone is 2. The molecule has 0 heterocycles. The Morgan fingerprint density at radius 1 is 0.941 bits per heavy atom. The van der Waals surface area contributed by atoms with E-state index in [1.54, 1.807) is 0 Å². The summed E-state index contributed by atoms with van der Waals surface area (Å²) in [5, 5.41) is 0. The average molecular weight is 245 g/mol. The molecular weight excluding hydrogens is 204 g/mol. The standard InChI is InChI=1S/C6H12.C5H10.3C2H6/c1-3-5-6-4-2;1-4-5(2)3;3*1-2/h3H,1,4-6H2,2H3;2,4H2,1,3H3;3*1-2H3. The quantitative estimate of drug-likeness (QED) is 0.356. The van der Waals surface area contributed by atoms with Crippen LogP contribution in [0.15, 0.2) is 24.8 Å². The van der Waals surface area contributed by atoms with Gasteiger partial charge in [0.05, 0.1) is 0 Å². The number of hydrogen-bond donors (Lipinski definition) is 0. The van der Waals surface area contributed by atoms with Crippen molar-refractivity contribution < 1.29 is 0 Å². The monoisotopic (exact) mass is 244 g/mol. The molecule has 108 valence electrons. The molecule has 0 radical (unpaired) electrons. The molecule has 0 unspecified atom stereocenters. The molecule has 0 N–H and O–H groups in total. The van der Waals surface area contributed by atoms with E-state index in [1.807, 2.05) is 54.5 Å². The summed E-state index contributed by atoms with van der Waals surface area (Å²) < 4.78 is 0. The predicted octanol–water partition coefficient (Wildman–Crippen LogP) is 7.41. The Labute approximate surface area is 113 Å². The highest BCUT2D eigenvalue weighted by Gasteiger charge is 1.71. The molecule has 0 heteroatoms. The van der Waals surface area contributed by atoms with Crippen LogP contribution in [0.4, 0.5) is 0 Å². The molecule has 0 bridgehead atoms. The van der Waals surface area contributed by atoms with Crippen LogP contribution in [-0.4, -0.2) is 0 Å². The summed E-state index contributed by atoms with van der Waals surface area (Å²) in [5.41, 5.74) is 1.25. The van der Waals surface area contributed by atoms with Crippen LogP contribution >= 0.6 is 0 Å². The maximum absolute atomic E-state index is 3.67. The molecule has 0 saturated heterocycles. The van der Waals surface area contributed by atoms with Gasteiger partial charge in [-0.2, -0.15) is 0 Å². The fourth-order valence-electron chi connectivity index (χ4n) is 0.348. The first-order valence-electron chi connectivity index (χ1n) is 7.44. The van der Waals surface area contributed by atoms with Crippen molar-refractivity contribution in [2.24, 2.45) is 0 Å². The van der Waals surface area contributed by atoms with Gasteiger partial charge in [-0.1, -0.05) is 79.9 Å². The molecule has 0 aromatic carbocycles. The van der Waals surface area contributed by atoms with Gasteiger partial charge in [0.25, 0.3) is 0 Å². The van der Waals surface area contributed by atoms with Gasteiger partial charge in [-0.15, -0.1) is 13.2 Å². The van der Waals surface area contributed by atoms with Crippen LogP contribution in [0, 0.1) is 0 Å². The largest absolute Gasteiger partial charge is 0.103 e. The molecule has 0 nitrogen and oxygen atoms in total. The van der Waals surface area contributed by atoms with Crippen LogP contribution in [0.5, 0.6) is 0 Å². The molecule has 0 aliphatic rings. The zero-order chi connectivity index (χ0) is 15.1. The van der Waals surface area contributed by atoms with Crippen molar-refractivity contribution in [2.75, 3.05) is 0 Å². The van der Waals surface area contributed by atoms with Gasteiger partial charge in [-0.05, 0) is 19.8 Å². The third-order valence-electron chi connectivity index (χ3n) is 1.37. The Morgan fingerprint density at radius 2 is 1.24 bits per heavy atom. The molecule has 0 amide bonds. The summed E-state index contributed by atoms with van der Waals surface area (Å²) >= 11 is 0. The minimum atomic E-state index is 1.11. The van der Waals surface area contributed by atoms with Gasteiger partial charge in [-0.3, -0.25) is 0 Å². The zero-order valence-electron chi connectivity index (χ0n) is 14.3. The molecule has 0 spiro atoms. The number of rotatable bonds is 4. The van der Waals surface area contributed by atoms with Gasteiger partial charge in [0.1, 0.15) is 0 Å². The summed E-state index contributed by atoms with van der Waals surface area (Å²) in [6, 6.07) is 0. The van der Waals surface area contributed by atoms with Gasteiger partial charge in [-0.25, -0.2) is 0 Å². The van der Waals surface area contributed by atoms with Crippen molar-refractivity contribution in [1.29, 1.82) is 0 Å². The molecule has 0 fully saturated rings. The van der Waals surface area contributed by atoms with Crippen LogP contribution < -0.4 is 0 Å². The maximum atomic E-state index is 3.67. The summed E-state index contributed by atoms with van der Waals surface area (Å²) in [6.45, 7) is 25.6. The summed E-state index contributed by atoms with van der Waals surface area (Å²) in [5.74, 6) is 0. The first-order valence-corrected chi connectivity index (χ1v) is 7.44. The molecule has 0 rings (SSSR count). The van der Waals surface area contributed by atoms with E-state index in [0.29, 0.717) is 0 Å². The van der Waals surface area contributed by atoms with Gasteiger partial charge >= 0.3 is 0 Å². The Bertz CT molecular complexity index is 90.2. The van der Waals surface area contributed by atoms with E-state index >= 15 is 0 Å². The van der Waals surface area contributed by atoms with Crippen LogP contribution in [0.2, 0.25) is 0 Å². The lowest BCUT2D eigenvalue weighted by atomic mass is 10.3. The molecule has 0 aromatic heterocycles. The SMILES string of the molecule is C=C(C)CC.C=CCCCC.CC.CC.CC. The summed E-state index contributed by atoms with van der Waals surface area (Å²) in [7, 11) is 0. The predicted molar refractivity (Wildman–Crippen MR) is 88.9 cm³/mol. The molecule has 0 aliphatic carbocycles. The van der Waals surface area contributed by atoms with Crippen molar-refractivity contribution in [3.8, 4) is 0 Å². The van der Waals surface area contributed by atoms with Crippen molar-refractivity contribution >= 4 is 0 Å². The lowest BCUT2D eigenvalue weighted by molar-refractivity contribution is 0.816. The number of unbranched alkanes of at least 4 members (excludes halogenated alkanes) is 2. The second-order valence-electron chi connectivity index (χ2n) is 2.74. The van der Waals surface area contributed by atoms with Gasteiger partial charge in [0, 0.05) is 0 Å². The maximum Gasteiger partial charge on any atom is -0.0354 e. The van der Waals surface area contributed by atoms with Gasteiger partial charge in [0.15, 0.2) is 0 Å². The second kappa shape index (κ2) is 58.0. The van der Waals surface area contributed by atoms with Crippen LogP contribution in [0.1, 0.15) is 88.0 Å². The number of hydrogen-bond acceptors (Lipinski definition) is 0. The van der Waals surface area contributed by atoms with Crippen LogP contribution in [0.25, 0.3) is 0 Å². The lowest BCUT2D eigenvalue weighted by Gasteiger charge is -1.81. The van der Waals surface area contributed by atoms with Gasteiger partial charge < -0.3 is 0 Å². The molecule has 0 aliphatic heterocycles. The fourth-order valence-corrected chi connectivity index (χ4v) is 0.348. The van der Waals surface area contributed by atoms with Crippen LogP contribution in [-0.2, 0) is 0 Å². The normalized spacial score (nSPS) is 6.18. The second-order valence-corrected chi connectivity index (χ2v) is 2.74. The molecule has 0 saturated carbocycles. The van der Waals surface area contributed by atoms with Crippen molar-refractivity contribution in [3.63, 3.8) is 0 Å². The Morgan fingerprint density at radius 3 is 1.29 bits per heavy atom. The van der Waals surface area contributed by atoms with Crippen LogP contribution in [0.3, 0.4) is 0 Å². The molecular formula is C17H40. The minimum absolute atomic E-state index is 1.11. The third kappa shape index (κ3) is 140. The van der Waals surface area contributed by atoms with E-state index in [0.717, 1.165) is 6.42 Å². The average Bonchev–Trinajstić information content (AvgIpc) is 2.43. The van der Waals surface area contributed by atoms with E-state index in [9.17, 15) is 0 Å². The van der Waals surface area contributed by atoms with Gasteiger partial charge in [0.2, 0.25) is 0 Å². The van der Waals surface area contributed by atoms with E-state index in [1.165, 1.54) is 24.8 Å². The summed E-state index contributed by atoms with van der Waals surface area (Å²) in [4.78, 5) is 0. The van der Waals surface area contributed by atoms with E-state index < -0.39 is 0 Å². The first kappa shape index (κ1) is 30.0. The van der Waals surface area contributed by atoms with Crippen molar-refractivity contribution in [3.05, 3.63) is 24.8 Å². The summed E-state index contributed by atoms with van der Waals surface area (Å²) in [6.07, 6.45) is 6.83. The first-order chi connectivity index (χ1) is 8.18. The smallest absolute Gasteiger partial charge is 0.0354 e. The topological polar surface area (TPSA) is 0 Å².